The smallest absolute Gasteiger partial charge is 0.124 e. The van der Waals surface area contributed by atoms with Crippen LogP contribution in [0.4, 0.5) is 8.78 Å². The molecule has 0 aliphatic heterocycles. The predicted octanol–water partition coefficient (Wildman–Crippen LogP) is 4.54. The summed E-state index contributed by atoms with van der Waals surface area (Å²) >= 11 is 6.66. The van der Waals surface area contributed by atoms with Gasteiger partial charge >= 0.3 is 0 Å². The highest BCUT2D eigenvalue weighted by molar-refractivity contribution is 9.10. The Morgan fingerprint density at radius 2 is 1.09 bits per heavy atom. The van der Waals surface area contributed by atoms with E-state index < -0.39 is 11.1 Å². The highest BCUT2D eigenvalue weighted by Gasteiger charge is 2.43. The van der Waals surface area contributed by atoms with E-state index in [1.54, 1.807) is 26.0 Å². The fourth-order valence-electron chi connectivity index (χ4n) is 2.38. The third kappa shape index (κ3) is 2.97. The molecule has 0 heterocycles. The Labute approximate surface area is 145 Å². The van der Waals surface area contributed by atoms with Crippen LogP contribution in [0.15, 0.2) is 45.3 Å². The molecule has 0 saturated heterocycles. The first-order valence-electron chi connectivity index (χ1n) is 6.56. The van der Waals surface area contributed by atoms with Crippen LogP contribution in [0, 0.1) is 11.6 Å². The van der Waals surface area contributed by atoms with Crippen LogP contribution in [-0.4, -0.2) is 0 Å². The molecule has 2 atom stereocenters. The van der Waals surface area contributed by atoms with Gasteiger partial charge in [0.25, 0.3) is 0 Å². The molecule has 118 valence electrons. The lowest BCUT2D eigenvalue weighted by atomic mass is 9.72. The number of nitrogens with two attached hydrogens (primary N) is 2. The maximum absolute atomic E-state index is 13.3. The average molecular weight is 434 g/mol. The van der Waals surface area contributed by atoms with Gasteiger partial charge in [-0.2, -0.15) is 0 Å². The molecule has 0 bridgehead atoms. The zero-order valence-corrected chi connectivity index (χ0v) is 15.3. The third-order valence-electron chi connectivity index (χ3n) is 4.06. The van der Waals surface area contributed by atoms with Crippen molar-refractivity contribution in [3.8, 4) is 0 Å². The summed E-state index contributed by atoms with van der Waals surface area (Å²) in [5.41, 5.74) is 12.3. The topological polar surface area (TPSA) is 52.0 Å². The second kappa shape index (κ2) is 6.00. The molecule has 2 aromatic carbocycles. The van der Waals surface area contributed by atoms with Crippen LogP contribution in [0.25, 0.3) is 0 Å². The molecule has 0 amide bonds. The Bertz CT molecular complexity index is 654. The Kier molecular flexibility index (Phi) is 4.78. The number of rotatable bonds is 3. The largest absolute Gasteiger partial charge is 0.320 e. The van der Waals surface area contributed by atoms with Gasteiger partial charge in [-0.15, -0.1) is 0 Å². The van der Waals surface area contributed by atoms with Crippen LogP contribution >= 0.6 is 31.9 Å². The zero-order valence-electron chi connectivity index (χ0n) is 12.1. The maximum Gasteiger partial charge on any atom is 0.124 e. The van der Waals surface area contributed by atoms with Crippen molar-refractivity contribution in [3.63, 3.8) is 0 Å². The summed E-state index contributed by atoms with van der Waals surface area (Å²) in [7, 11) is 0. The second-order valence-electron chi connectivity index (χ2n) is 5.65. The van der Waals surface area contributed by atoms with Crippen molar-refractivity contribution in [1.82, 2.24) is 0 Å². The van der Waals surface area contributed by atoms with Gasteiger partial charge in [-0.05, 0) is 49.2 Å². The summed E-state index contributed by atoms with van der Waals surface area (Å²) in [6, 6.07) is 8.55. The molecule has 0 saturated carbocycles. The van der Waals surface area contributed by atoms with Gasteiger partial charge in [0.05, 0.1) is 11.1 Å². The minimum atomic E-state index is -1.03. The van der Waals surface area contributed by atoms with E-state index >= 15 is 0 Å². The maximum atomic E-state index is 13.3. The first kappa shape index (κ1) is 17.5. The van der Waals surface area contributed by atoms with Crippen molar-refractivity contribution in [2.45, 2.75) is 24.9 Å². The minimum absolute atomic E-state index is 0.367. The predicted molar refractivity (Wildman–Crippen MR) is 91.3 cm³/mol. The van der Waals surface area contributed by atoms with Gasteiger partial charge in [-0.3, -0.25) is 0 Å². The van der Waals surface area contributed by atoms with Crippen LogP contribution < -0.4 is 11.5 Å². The van der Waals surface area contributed by atoms with Crippen molar-refractivity contribution < 1.29 is 8.78 Å². The summed E-state index contributed by atoms with van der Waals surface area (Å²) < 4.78 is 27.7. The molecule has 2 aromatic rings. The van der Waals surface area contributed by atoms with E-state index in [9.17, 15) is 8.78 Å². The van der Waals surface area contributed by atoms with Crippen molar-refractivity contribution in [3.05, 3.63) is 68.1 Å². The number of hydrogen-bond donors (Lipinski definition) is 2. The first-order chi connectivity index (χ1) is 10.1. The van der Waals surface area contributed by atoms with Crippen molar-refractivity contribution in [1.29, 1.82) is 0 Å². The highest BCUT2D eigenvalue weighted by Crippen LogP contribution is 2.41. The molecule has 6 heteroatoms. The summed E-state index contributed by atoms with van der Waals surface area (Å²) in [5, 5.41) is 0. The fourth-order valence-corrected chi connectivity index (χ4v) is 3.91. The second-order valence-corrected chi connectivity index (χ2v) is 7.36. The van der Waals surface area contributed by atoms with Gasteiger partial charge < -0.3 is 11.5 Å². The molecule has 2 rings (SSSR count). The van der Waals surface area contributed by atoms with Gasteiger partial charge in [0.2, 0.25) is 0 Å². The zero-order chi connectivity index (χ0) is 16.7. The van der Waals surface area contributed by atoms with Crippen molar-refractivity contribution in [2.75, 3.05) is 0 Å². The van der Waals surface area contributed by atoms with Gasteiger partial charge in [0.15, 0.2) is 0 Å². The van der Waals surface area contributed by atoms with Crippen molar-refractivity contribution in [2.24, 2.45) is 11.5 Å². The summed E-state index contributed by atoms with van der Waals surface area (Å²) in [6.45, 7) is 3.53. The summed E-state index contributed by atoms with van der Waals surface area (Å²) in [4.78, 5) is 0. The standard InChI is InChI=1S/C16H16Br2F2N2/c1-15(21,11-5-3-9(19)7-13(11)17)16(2,22)12-6-4-10(20)8-14(12)18/h3-8H,21-22H2,1-2H3. The Morgan fingerprint density at radius 3 is 1.36 bits per heavy atom. The van der Waals surface area contributed by atoms with Crippen LogP contribution in [0.5, 0.6) is 0 Å². The minimum Gasteiger partial charge on any atom is -0.320 e. The quantitative estimate of drug-likeness (QED) is 0.746. The molecular weight excluding hydrogens is 418 g/mol. The molecule has 0 radical (unpaired) electrons. The molecule has 0 aliphatic carbocycles. The summed E-state index contributed by atoms with van der Waals surface area (Å²) in [6.07, 6.45) is 0. The Hall–Kier alpha value is -0.820. The number of hydrogen-bond acceptors (Lipinski definition) is 2. The molecule has 0 spiro atoms. The normalized spacial score (nSPS) is 16.9. The first-order valence-corrected chi connectivity index (χ1v) is 8.15. The van der Waals surface area contributed by atoms with Gasteiger partial charge in [0, 0.05) is 8.95 Å². The number of benzene rings is 2. The monoisotopic (exact) mass is 432 g/mol. The van der Waals surface area contributed by atoms with Crippen LogP contribution in [0.1, 0.15) is 25.0 Å². The van der Waals surface area contributed by atoms with E-state index in [1.165, 1.54) is 24.3 Å². The molecule has 2 unspecified atom stereocenters. The molecular formula is C16H16Br2F2N2. The van der Waals surface area contributed by atoms with E-state index in [-0.39, 0.29) is 11.6 Å². The van der Waals surface area contributed by atoms with E-state index in [4.69, 9.17) is 11.5 Å². The lowest BCUT2D eigenvalue weighted by molar-refractivity contribution is 0.265. The number of halogens is 4. The van der Waals surface area contributed by atoms with Gasteiger partial charge in [-0.1, -0.05) is 44.0 Å². The van der Waals surface area contributed by atoms with Crippen LogP contribution in [0.3, 0.4) is 0 Å². The van der Waals surface area contributed by atoms with E-state index in [0.29, 0.717) is 20.1 Å². The lowest BCUT2D eigenvalue weighted by Crippen LogP contribution is -2.57. The fraction of sp³-hybridized carbons (Fsp3) is 0.250. The Balaban J connectivity index is 2.59. The highest BCUT2D eigenvalue weighted by atomic mass is 79.9. The van der Waals surface area contributed by atoms with Gasteiger partial charge in [-0.25, -0.2) is 8.78 Å². The molecule has 0 aliphatic rings. The lowest BCUT2D eigenvalue weighted by Gasteiger charge is -2.43. The van der Waals surface area contributed by atoms with Gasteiger partial charge in [0.1, 0.15) is 11.6 Å². The molecule has 4 N–H and O–H groups in total. The van der Waals surface area contributed by atoms with E-state index in [1.807, 2.05) is 0 Å². The van der Waals surface area contributed by atoms with E-state index in [2.05, 4.69) is 31.9 Å². The molecule has 2 nitrogen and oxygen atoms in total. The van der Waals surface area contributed by atoms with Crippen LogP contribution in [0.2, 0.25) is 0 Å². The van der Waals surface area contributed by atoms with E-state index in [0.717, 1.165) is 0 Å². The Morgan fingerprint density at radius 1 is 0.773 bits per heavy atom. The molecule has 0 aromatic heterocycles. The molecule has 0 fully saturated rings. The van der Waals surface area contributed by atoms with Crippen molar-refractivity contribution >= 4 is 31.9 Å². The SMILES string of the molecule is CC(N)(c1ccc(F)cc1Br)C(C)(N)c1ccc(F)cc1Br. The molecule has 22 heavy (non-hydrogen) atoms. The van der Waals surface area contributed by atoms with Crippen LogP contribution in [-0.2, 0) is 11.1 Å². The average Bonchev–Trinajstić information content (AvgIpc) is 2.37. The summed E-state index contributed by atoms with van der Waals surface area (Å²) in [5.74, 6) is -0.735. The third-order valence-corrected chi connectivity index (χ3v) is 5.37.